The number of hydrogen-bond acceptors (Lipinski definition) is 7. The molecule has 25 heavy (non-hydrogen) atoms. The fraction of sp³-hybridized carbons (Fsp3) is 0.875. The Morgan fingerprint density at radius 3 is 1.36 bits per heavy atom. The van der Waals surface area contributed by atoms with Gasteiger partial charge in [0.05, 0.1) is 13.2 Å². The van der Waals surface area contributed by atoms with Crippen LogP contribution in [0.3, 0.4) is 0 Å². The van der Waals surface area contributed by atoms with Gasteiger partial charge in [-0.3, -0.25) is 0 Å². The van der Waals surface area contributed by atoms with Gasteiger partial charge in [-0.15, -0.1) is 0 Å². The fourth-order valence-electron chi connectivity index (χ4n) is 2.64. The number of ether oxygens (including phenoxy) is 3. The molecule has 2 rings (SSSR count). The molecule has 144 valence electrons. The topological polar surface area (TPSA) is 74.8 Å². The molecule has 0 saturated carbocycles. The molecule has 0 N–H and O–H groups in total. The van der Waals surface area contributed by atoms with Gasteiger partial charge in [0.25, 0.3) is 0 Å². The van der Waals surface area contributed by atoms with E-state index in [1.54, 1.807) is 9.80 Å². The lowest BCUT2D eigenvalue weighted by Gasteiger charge is -2.31. The van der Waals surface area contributed by atoms with Gasteiger partial charge in [0.2, 0.25) is 0 Å². The third kappa shape index (κ3) is 7.05. The third-order valence-electron chi connectivity index (χ3n) is 4.43. The van der Waals surface area contributed by atoms with Crippen LogP contribution in [0.15, 0.2) is 0 Å². The van der Waals surface area contributed by atoms with E-state index in [1.165, 1.54) is 0 Å². The van der Waals surface area contributed by atoms with Crippen molar-refractivity contribution in [2.75, 3.05) is 92.9 Å². The lowest BCUT2D eigenvalue weighted by molar-refractivity contribution is 0.0235. The number of nitrogens with zero attached hydrogens (tertiary/aromatic N) is 4. The van der Waals surface area contributed by atoms with Crippen molar-refractivity contribution in [3.05, 3.63) is 0 Å². The molecule has 0 aromatic carbocycles. The van der Waals surface area contributed by atoms with Crippen LogP contribution in [-0.4, -0.2) is 125 Å². The zero-order valence-corrected chi connectivity index (χ0v) is 15.3. The maximum absolute atomic E-state index is 11.8. The monoisotopic (exact) mass is 358 g/mol. The van der Waals surface area contributed by atoms with E-state index in [4.69, 9.17) is 14.2 Å². The number of likely N-dealkylation sites (N-methyl/N-ethyl adjacent to an activating group) is 2. The van der Waals surface area contributed by atoms with Crippen LogP contribution in [0.5, 0.6) is 0 Å². The van der Waals surface area contributed by atoms with E-state index >= 15 is 0 Å². The Bertz CT molecular complexity index is 383. The zero-order valence-electron chi connectivity index (χ0n) is 15.3. The van der Waals surface area contributed by atoms with Gasteiger partial charge in [-0.1, -0.05) is 0 Å². The highest BCUT2D eigenvalue weighted by molar-refractivity contribution is 5.68. The number of carbonyl (C=O) groups excluding carboxylic acids is 2. The lowest BCUT2D eigenvalue weighted by atomic mass is 10.3. The summed E-state index contributed by atoms with van der Waals surface area (Å²) in [4.78, 5) is 31.4. The predicted octanol–water partition coefficient (Wildman–Crippen LogP) is -0.229. The molecule has 0 aliphatic carbocycles. The maximum Gasteiger partial charge on any atom is 0.409 e. The summed E-state index contributed by atoms with van der Waals surface area (Å²) in [7, 11) is 4.07. The van der Waals surface area contributed by atoms with Crippen LogP contribution >= 0.6 is 0 Å². The molecular formula is C16H30N4O5. The van der Waals surface area contributed by atoms with E-state index in [2.05, 4.69) is 9.80 Å². The van der Waals surface area contributed by atoms with Crippen molar-refractivity contribution in [1.29, 1.82) is 0 Å². The van der Waals surface area contributed by atoms with Gasteiger partial charge >= 0.3 is 12.2 Å². The number of hydrogen-bond donors (Lipinski definition) is 0. The minimum Gasteiger partial charge on any atom is -0.447 e. The molecule has 2 fully saturated rings. The van der Waals surface area contributed by atoms with Gasteiger partial charge in [0.15, 0.2) is 0 Å². The van der Waals surface area contributed by atoms with Crippen LogP contribution in [-0.2, 0) is 14.2 Å². The highest BCUT2D eigenvalue weighted by atomic mass is 16.6. The molecule has 2 aliphatic rings. The van der Waals surface area contributed by atoms with Crippen molar-refractivity contribution in [2.24, 2.45) is 0 Å². The minimum atomic E-state index is -0.293. The molecule has 0 aromatic rings. The van der Waals surface area contributed by atoms with E-state index in [1.807, 2.05) is 14.1 Å². The molecule has 9 nitrogen and oxygen atoms in total. The van der Waals surface area contributed by atoms with Crippen LogP contribution in [0.1, 0.15) is 0 Å². The van der Waals surface area contributed by atoms with Gasteiger partial charge in [-0.05, 0) is 14.1 Å². The van der Waals surface area contributed by atoms with Gasteiger partial charge in [-0.2, -0.15) is 0 Å². The first-order chi connectivity index (χ1) is 12.1. The Labute approximate surface area is 149 Å². The van der Waals surface area contributed by atoms with E-state index in [-0.39, 0.29) is 25.4 Å². The highest BCUT2D eigenvalue weighted by Gasteiger charge is 2.21. The van der Waals surface area contributed by atoms with Crippen molar-refractivity contribution < 1.29 is 23.8 Å². The average molecular weight is 358 g/mol. The molecule has 0 radical (unpaired) electrons. The summed E-state index contributed by atoms with van der Waals surface area (Å²) in [5.74, 6) is 0. The Balaban J connectivity index is 1.44. The number of piperazine rings is 2. The third-order valence-corrected chi connectivity index (χ3v) is 4.43. The Morgan fingerprint density at radius 2 is 1.00 bits per heavy atom. The van der Waals surface area contributed by atoms with Crippen molar-refractivity contribution >= 4 is 12.2 Å². The van der Waals surface area contributed by atoms with Crippen LogP contribution in [0, 0.1) is 0 Å². The average Bonchev–Trinajstić information content (AvgIpc) is 2.61. The molecule has 2 heterocycles. The van der Waals surface area contributed by atoms with E-state index in [9.17, 15) is 9.59 Å². The summed E-state index contributed by atoms with van der Waals surface area (Å²) < 4.78 is 15.7. The number of amides is 2. The van der Waals surface area contributed by atoms with Crippen molar-refractivity contribution in [2.45, 2.75) is 0 Å². The molecule has 0 atom stereocenters. The summed E-state index contributed by atoms with van der Waals surface area (Å²) >= 11 is 0. The maximum atomic E-state index is 11.8. The normalized spacial score (nSPS) is 19.8. The largest absolute Gasteiger partial charge is 0.447 e. The molecular weight excluding hydrogens is 328 g/mol. The first-order valence-electron chi connectivity index (χ1n) is 8.84. The van der Waals surface area contributed by atoms with Crippen LogP contribution in [0.2, 0.25) is 0 Å². The zero-order chi connectivity index (χ0) is 18.1. The van der Waals surface area contributed by atoms with Crippen LogP contribution in [0.4, 0.5) is 9.59 Å². The van der Waals surface area contributed by atoms with Crippen molar-refractivity contribution in [3.63, 3.8) is 0 Å². The van der Waals surface area contributed by atoms with E-state index < -0.39 is 0 Å². The SMILES string of the molecule is CN1CCN(C(=O)OCCOCCOC(=O)N2CCN(C)CC2)CC1. The highest BCUT2D eigenvalue weighted by Crippen LogP contribution is 2.02. The summed E-state index contributed by atoms with van der Waals surface area (Å²) in [5.41, 5.74) is 0. The lowest BCUT2D eigenvalue weighted by Crippen LogP contribution is -2.47. The number of rotatable bonds is 6. The molecule has 0 aromatic heterocycles. The standard InChI is InChI=1S/C16H30N4O5/c1-17-3-7-19(8-4-17)15(21)24-13-11-23-12-14-25-16(22)20-9-5-18(2)6-10-20/h3-14H2,1-2H3. The summed E-state index contributed by atoms with van der Waals surface area (Å²) in [5, 5.41) is 0. The fourth-order valence-corrected chi connectivity index (χ4v) is 2.64. The van der Waals surface area contributed by atoms with Gasteiger partial charge < -0.3 is 33.8 Å². The molecule has 2 saturated heterocycles. The Hall–Kier alpha value is -1.58. The van der Waals surface area contributed by atoms with Crippen molar-refractivity contribution in [1.82, 2.24) is 19.6 Å². The van der Waals surface area contributed by atoms with Crippen LogP contribution < -0.4 is 0 Å². The predicted molar refractivity (Wildman–Crippen MR) is 91.7 cm³/mol. The molecule has 0 bridgehead atoms. The minimum absolute atomic E-state index is 0.206. The van der Waals surface area contributed by atoms with Crippen molar-refractivity contribution in [3.8, 4) is 0 Å². The first-order valence-corrected chi connectivity index (χ1v) is 8.84. The van der Waals surface area contributed by atoms with Gasteiger partial charge in [0.1, 0.15) is 13.2 Å². The second kappa shape index (κ2) is 10.4. The summed E-state index contributed by atoms with van der Waals surface area (Å²) in [6.45, 7) is 7.24. The number of carbonyl (C=O) groups is 2. The van der Waals surface area contributed by atoms with Gasteiger partial charge in [0, 0.05) is 52.4 Å². The smallest absolute Gasteiger partial charge is 0.409 e. The van der Waals surface area contributed by atoms with E-state index in [0.29, 0.717) is 39.4 Å². The summed E-state index contributed by atoms with van der Waals surface area (Å²) in [6.07, 6.45) is -0.587. The first kappa shape index (κ1) is 19.7. The summed E-state index contributed by atoms with van der Waals surface area (Å²) in [6, 6.07) is 0. The van der Waals surface area contributed by atoms with Crippen LogP contribution in [0.25, 0.3) is 0 Å². The molecule has 2 amide bonds. The second-order valence-corrected chi connectivity index (χ2v) is 6.42. The molecule has 9 heteroatoms. The quantitative estimate of drug-likeness (QED) is 0.607. The van der Waals surface area contributed by atoms with Gasteiger partial charge in [-0.25, -0.2) is 9.59 Å². The molecule has 0 spiro atoms. The Kier molecular flexibility index (Phi) is 8.23. The Morgan fingerprint density at radius 1 is 0.640 bits per heavy atom. The second-order valence-electron chi connectivity index (χ2n) is 6.42. The molecule has 2 aliphatic heterocycles. The molecule has 0 unspecified atom stereocenters. The van der Waals surface area contributed by atoms with E-state index in [0.717, 1.165) is 26.2 Å².